The standard InChI is InChI=1S/C21H31ClO4/c1-3-4-15-25-20(23)11-9-7-5-6-8-10-12-21(24)26-18-13-14-19(22)17(2)16-18/h13-14,16H,3-12,15H2,1-2H3. The van der Waals surface area contributed by atoms with E-state index in [-0.39, 0.29) is 11.9 Å². The molecule has 1 aromatic rings. The van der Waals surface area contributed by atoms with Crippen LogP contribution in [0.4, 0.5) is 0 Å². The van der Waals surface area contributed by atoms with E-state index in [9.17, 15) is 9.59 Å². The van der Waals surface area contributed by atoms with Gasteiger partial charge in [0.05, 0.1) is 6.61 Å². The summed E-state index contributed by atoms with van der Waals surface area (Å²) < 4.78 is 10.4. The molecular formula is C21H31ClO4. The highest BCUT2D eigenvalue weighted by Crippen LogP contribution is 2.21. The molecule has 1 rings (SSSR count). The summed E-state index contributed by atoms with van der Waals surface area (Å²) in [5.41, 5.74) is 0.895. The average Bonchev–Trinajstić information content (AvgIpc) is 2.60. The Bertz CT molecular complexity index is 557. The van der Waals surface area contributed by atoms with Crippen LogP contribution in [-0.4, -0.2) is 18.5 Å². The van der Waals surface area contributed by atoms with Crippen molar-refractivity contribution in [2.45, 2.75) is 78.1 Å². The summed E-state index contributed by atoms with van der Waals surface area (Å²) in [7, 11) is 0. The Morgan fingerprint density at radius 3 is 2.15 bits per heavy atom. The highest BCUT2D eigenvalue weighted by atomic mass is 35.5. The van der Waals surface area contributed by atoms with Gasteiger partial charge in [0.15, 0.2) is 0 Å². The van der Waals surface area contributed by atoms with Crippen molar-refractivity contribution in [2.24, 2.45) is 0 Å². The fraction of sp³-hybridized carbons (Fsp3) is 0.619. The quantitative estimate of drug-likeness (QED) is 0.238. The highest BCUT2D eigenvalue weighted by Gasteiger charge is 2.06. The summed E-state index contributed by atoms with van der Waals surface area (Å²) in [6.45, 7) is 4.50. The van der Waals surface area contributed by atoms with Gasteiger partial charge in [-0.25, -0.2) is 0 Å². The monoisotopic (exact) mass is 382 g/mol. The molecule has 0 saturated heterocycles. The molecule has 0 fully saturated rings. The molecule has 1 aromatic carbocycles. The number of halogens is 1. The van der Waals surface area contributed by atoms with Gasteiger partial charge in [-0.2, -0.15) is 0 Å². The van der Waals surface area contributed by atoms with Crippen LogP contribution in [0.5, 0.6) is 5.75 Å². The van der Waals surface area contributed by atoms with E-state index < -0.39 is 0 Å². The lowest BCUT2D eigenvalue weighted by atomic mass is 10.1. The minimum atomic E-state index is -0.207. The number of rotatable bonds is 13. The Labute approximate surface area is 162 Å². The zero-order chi connectivity index (χ0) is 19.2. The van der Waals surface area contributed by atoms with Crippen molar-refractivity contribution in [1.82, 2.24) is 0 Å². The van der Waals surface area contributed by atoms with Crippen molar-refractivity contribution in [2.75, 3.05) is 6.61 Å². The predicted molar refractivity (Wildman–Crippen MR) is 105 cm³/mol. The minimum absolute atomic E-state index is 0.0846. The van der Waals surface area contributed by atoms with E-state index in [0.29, 0.717) is 30.2 Å². The largest absolute Gasteiger partial charge is 0.466 e. The van der Waals surface area contributed by atoms with Gasteiger partial charge in [-0.3, -0.25) is 9.59 Å². The second-order valence-corrected chi connectivity index (χ2v) is 6.99. The first kappa shape index (κ1) is 22.5. The first-order valence-electron chi connectivity index (χ1n) is 9.65. The van der Waals surface area contributed by atoms with E-state index in [1.54, 1.807) is 18.2 Å². The van der Waals surface area contributed by atoms with E-state index in [2.05, 4.69) is 6.92 Å². The van der Waals surface area contributed by atoms with Crippen LogP contribution >= 0.6 is 11.6 Å². The second kappa shape index (κ2) is 13.6. The number of esters is 2. The number of hydrogen-bond acceptors (Lipinski definition) is 4. The van der Waals surface area contributed by atoms with Crippen LogP contribution in [0.3, 0.4) is 0 Å². The van der Waals surface area contributed by atoms with E-state index in [4.69, 9.17) is 21.1 Å². The summed E-state index contributed by atoms with van der Waals surface area (Å²) in [6.07, 6.45) is 8.78. The van der Waals surface area contributed by atoms with Crippen molar-refractivity contribution in [3.8, 4) is 5.75 Å². The van der Waals surface area contributed by atoms with Crippen molar-refractivity contribution >= 4 is 23.5 Å². The highest BCUT2D eigenvalue weighted by molar-refractivity contribution is 6.31. The molecule has 0 aliphatic carbocycles. The molecule has 0 aromatic heterocycles. The lowest BCUT2D eigenvalue weighted by Gasteiger charge is -2.06. The molecule has 0 saturated carbocycles. The Morgan fingerprint density at radius 1 is 0.923 bits per heavy atom. The Morgan fingerprint density at radius 2 is 1.54 bits per heavy atom. The van der Waals surface area contributed by atoms with Crippen LogP contribution in [0, 0.1) is 6.92 Å². The molecule has 5 heteroatoms. The van der Waals surface area contributed by atoms with Gasteiger partial charge in [0.25, 0.3) is 0 Å². The first-order chi connectivity index (χ1) is 12.5. The summed E-state index contributed by atoms with van der Waals surface area (Å²) in [4.78, 5) is 23.3. The third-order valence-corrected chi connectivity index (χ3v) is 4.56. The number of benzene rings is 1. The number of carbonyl (C=O) groups excluding carboxylic acids is 2. The Balaban J connectivity index is 1.99. The molecule has 26 heavy (non-hydrogen) atoms. The van der Waals surface area contributed by atoms with Crippen molar-refractivity contribution in [3.05, 3.63) is 28.8 Å². The fourth-order valence-electron chi connectivity index (χ4n) is 2.51. The van der Waals surface area contributed by atoms with Gasteiger partial charge >= 0.3 is 11.9 Å². The molecule has 0 aliphatic rings. The number of unbranched alkanes of at least 4 members (excludes halogenated alkanes) is 6. The van der Waals surface area contributed by atoms with Crippen LogP contribution in [-0.2, 0) is 14.3 Å². The zero-order valence-corrected chi connectivity index (χ0v) is 16.8. The van der Waals surface area contributed by atoms with Gasteiger partial charge in [0.1, 0.15) is 5.75 Å². The summed E-state index contributed by atoms with van der Waals surface area (Å²) >= 11 is 5.95. The van der Waals surface area contributed by atoms with Crippen LogP contribution in [0.25, 0.3) is 0 Å². The topological polar surface area (TPSA) is 52.6 Å². The lowest BCUT2D eigenvalue weighted by Crippen LogP contribution is -2.07. The zero-order valence-electron chi connectivity index (χ0n) is 16.0. The number of ether oxygens (including phenoxy) is 2. The summed E-state index contributed by atoms with van der Waals surface area (Å²) in [6, 6.07) is 5.22. The molecule has 0 radical (unpaired) electrons. The molecule has 0 heterocycles. The molecule has 4 nitrogen and oxygen atoms in total. The third-order valence-electron chi connectivity index (χ3n) is 4.13. The first-order valence-corrected chi connectivity index (χ1v) is 10.0. The maximum absolute atomic E-state index is 11.8. The average molecular weight is 383 g/mol. The van der Waals surface area contributed by atoms with Crippen molar-refractivity contribution in [3.63, 3.8) is 0 Å². The van der Waals surface area contributed by atoms with Gasteiger partial charge < -0.3 is 9.47 Å². The molecule has 0 spiro atoms. The molecule has 0 aliphatic heterocycles. The molecule has 0 atom stereocenters. The maximum atomic E-state index is 11.8. The van der Waals surface area contributed by atoms with E-state index >= 15 is 0 Å². The van der Waals surface area contributed by atoms with Gasteiger partial charge in [-0.05, 0) is 49.9 Å². The number of aryl methyl sites for hydroxylation is 1. The van der Waals surface area contributed by atoms with Gasteiger partial charge in [-0.15, -0.1) is 0 Å². The van der Waals surface area contributed by atoms with Gasteiger partial charge in [0, 0.05) is 17.9 Å². The van der Waals surface area contributed by atoms with Gasteiger partial charge in [-0.1, -0.05) is 50.6 Å². The Hall–Kier alpha value is -1.55. The predicted octanol–water partition coefficient (Wildman–Crippen LogP) is 6.02. The molecule has 0 N–H and O–H groups in total. The minimum Gasteiger partial charge on any atom is -0.466 e. The molecule has 0 bridgehead atoms. The SMILES string of the molecule is CCCCOC(=O)CCCCCCCCC(=O)Oc1ccc(Cl)c(C)c1. The smallest absolute Gasteiger partial charge is 0.311 e. The lowest BCUT2D eigenvalue weighted by molar-refractivity contribution is -0.144. The van der Waals surface area contributed by atoms with Crippen molar-refractivity contribution < 1.29 is 19.1 Å². The molecule has 0 unspecified atom stereocenters. The van der Waals surface area contributed by atoms with Crippen LogP contribution in [0.2, 0.25) is 5.02 Å². The van der Waals surface area contributed by atoms with Crippen LogP contribution < -0.4 is 4.74 Å². The van der Waals surface area contributed by atoms with E-state index in [1.807, 2.05) is 6.92 Å². The van der Waals surface area contributed by atoms with E-state index in [1.165, 1.54) is 0 Å². The maximum Gasteiger partial charge on any atom is 0.311 e. The Kier molecular flexibility index (Phi) is 11.8. The number of carbonyl (C=O) groups is 2. The van der Waals surface area contributed by atoms with Crippen LogP contribution in [0.15, 0.2) is 18.2 Å². The summed E-state index contributed by atoms with van der Waals surface area (Å²) in [5, 5.41) is 0.666. The molecule has 0 amide bonds. The van der Waals surface area contributed by atoms with Crippen LogP contribution in [0.1, 0.15) is 76.7 Å². The molecule has 146 valence electrons. The number of hydrogen-bond donors (Lipinski definition) is 0. The summed E-state index contributed by atoms with van der Waals surface area (Å²) in [5.74, 6) is 0.253. The van der Waals surface area contributed by atoms with Crippen molar-refractivity contribution in [1.29, 1.82) is 0 Å². The third kappa shape index (κ3) is 10.4. The van der Waals surface area contributed by atoms with E-state index in [0.717, 1.165) is 56.9 Å². The second-order valence-electron chi connectivity index (χ2n) is 6.58. The normalized spacial score (nSPS) is 10.6. The van der Waals surface area contributed by atoms with Gasteiger partial charge in [0.2, 0.25) is 0 Å². The molecular weight excluding hydrogens is 352 g/mol. The fourth-order valence-corrected chi connectivity index (χ4v) is 2.63.